The molecule has 3 heteroatoms. The number of aliphatic hydroxyl groups excluding tert-OH is 1. The zero-order valence-electron chi connectivity index (χ0n) is 13.5. The summed E-state index contributed by atoms with van der Waals surface area (Å²) in [5.74, 6) is 1.35. The molecule has 23 heavy (non-hydrogen) atoms. The van der Waals surface area contributed by atoms with Gasteiger partial charge in [-0.25, -0.2) is 0 Å². The van der Waals surface area contributed by atoms with E-state index in [1.807, 2.05) is 18.2 Å². The average molecular weight is 311 g/mol. The van der Waals surface area contributed by atoms with E-state index in [1.54, 1.807) is 0 Å². The fourth-order valence-corrected chi connectivity index (χ4v) is 3.14. The van der Waals surface area contributed by atoms with E-state index in [0.717, 1.165) is 50.4 Å². The lowest BCUT2D eigenvalue weighted by atomic mass is 10.1. The van der Waals surface area contributed by atoms with Crippen molar-refractivity contribution < 1.29 is 9.84 Å². The summed E-state index contributed by atoms with van der Waals surface area (Å²) in [5.41, 5.74) is 2.51. The first-order valence-corrected chi connectivity index (χ1v) is 8.48. The highest BCUT2D eigenvalue weighted by molar-refractivity contribution is 5.59. The Hall–Kier alpha value is -2.00. The van der Waals surface area contributed by atoms with Crippen molar-refractivity contribution >= 4 is 5.69 Å². The Kier molecular flexibility index (Phi) is 5.54. The number of rotatable bonds is 7. The standard InChI is InChI=1S/C20H25NO2/c22-16-18-12-13-21(15-18)19-10-4-5-11-20(19)23-14-6-9-17-7-2-1-3-8-17/h1-5,7-8,10-11,18,22H,6,9,12-16H2. The number of aryl methyl sites for hydroxylation is 1. The van der Waals surface area contributed by atoms with Crippen LogP contribution < -0.4 is 9.64 Å². The highest BCUT2D eigenvalue weighted by Gasteiger charge is 2.23. The largest absolute Gasteiger partial charge is 0.491 e. The first kappa shape index (κ1) is 15.9. The minimum absolute atomic E-state index is 0.274. The summed E-state index contributed by atoms with van der Waals surface area (Å²) in [6, 6.07) is 18.8. The molecule has 1 fully saturated rings. The van der Waals surface area contributed by atoms with Crippen molar-refractivity contribution in [1.82, 2.24) is 0 Å². The molecule has 2 aromatic rings. The van der Waals surface area contributed by atoms with Gasteiger partial charge in [0.05, 0.1) is 12.3 Å². The number of hydrogen-bond donors (Lipinski definition) is 1. The molecule has 0 spiro atoms. The summed E-state index contributed by atoms with van der Waals surface area (Å²) in [6.45, 7) is 2.91. The van der Waals surface area contributed by atoms with Gasteiger partial charge in [-0.3, -0.25) is 0 Å². The van der Waals surface area contributed by atoms with Gasteiger partial charge in [0.15, 0.2) is 0 Å². The summed E-state index contributed by atoms with van der Waals surface area (Å²) in [6.07, 6.45) is 3.11. The van der Waals surface area contributed by atoms with Gasteiger partial charge in [0.1, 0.15) is 5.75 Å². The Morgan fingerprint density at radius 1 is 1.04 bits per heavy atom. The van der Waals surface area contributed by atoms with Crippen LogP contribution in [0.15, 0.2) is 54.6 Å². The monoisotopic (exact) mass is 311 g/mol. The van der Waals surface area contributed by atoms with Crippen molar-refractivity contribution in [2.75, 3.05) is 31.2 Å². The van der Waals surface area contributed by atoms with Crippen LogP contribution in [0.1, 0.15) is 18.4 Å². The van der Waals surface area contributed by atoms with Crippen molar-refractivity contribution in [1.29, 1.82) is 0 Å². The third kappa shape index (κ3) is 4.26. The maximum absolute atomic E-state index is 9.32. The van der Waals surface area contributed by atoms with E-state index in [0.29, 0.717) is 5.92 Å². The van der Waals surface area contributed by atoms with Crippen LogP contribution in [0, 0.1) is 5.92 Å². The van der Waals surface area contributed by atoms with E-state index >= 15 is 0 Å². The predicted octanol–water partition coefficient (Wildman–Crippen LogP) is 3.52. The topological polar surface area (TPSA) is 32.7 Å². The van der Waals surface area contributed by atoms with E-state index in [2.05, 4.69) is 41.3 Å². The lowest BCUT2D eigenvalue weighted by Gasteiger charge is -2.22. The van der Waals surface area contributed by atoms with Crippen molar-refractivity contribution in [3.05, 3.63) is 60.2 Å². The van der Waals surface area contributed by atoms with Crippen LogP contribution in [0.4, 0.5) is 5.69 Å². The van der Waals surface area contributed by atoms with Crippen LogP contribution in [0.25, 0.3) is 0 Å². The number of nitrogens with zero attached hydrogens (tertiary/aromatic N) is 1. The molecular weight excluding hydrogens is 286 g/mol. The Balaban J connectivity index is 1.54. The Bertz CT molecular complexity index is 600. The number of benzene rings is 2. The van der Waals surface area contributed by atoms with Crippen molar-refractivity contribution in [3.8, 4) is 5.75 Å². The van der Waals surface area contributed by atoms with Gasteiger partial charge in [-0.15, -0.1) is 0 Å². The number of aliphatic hydroxyl groups is 1. The van der Waals surface area contributed by atoms with Gasteiger partial charge >= 0.3 is 0 Å². The number of anilines is 1. The fourth-order valence-electron chi connectivity index (χ4n) is 3.14. The molecule has 0 saturated carbocycles. The molecule has 0 radical (unpaired) electrons. The van der Waals surface area contributed by atoms with Gasteiger partial charge in [0.2, 0.25) is 0 Å². The SMILES string of the molecule is OCC1CCN(c2ccccc2OCCCc2ccccc2)C1. The Morgan fingerprint density at radius 3 is 2.61 bits per heavy atom. The summed E-state index contributed by atoms with van der Waals surface area (Å²) in [5, 5.41) is 9.32. The van der Waals surface area contributed by atoms with Gasteiger partial charge in [0, 0.05) is 25.6 Å². The van der Waals surface area contributed by atoms with Gasteiger partial charge < -0.3 is 14.7 Å². The summed E-state index contributed by atoms with van der Waals surface area (Å²) < 4.78 is 6.04. The quantitative estimate of drug-likeness (QED) is 0.794. The maximum Gasteiger partial charge on any atom is 0.142 e. The highest BCUT2D eigenvalue weighted by Crippen LogP contribution is 2.32. The second kappa shape index (κ2) is 8.02. The molecule has 3 nitrogen and oxygen atoms in total. The molecule has 2 aromatic carbocycles. The third-order valence-corrected chi connectivity index (χ3v) is 4.46. The number of para-hydroxylation sites is 2. The van der Waals surface area contributed by atoms with Crippen molar-refractivity contribution in [2.24, 2.45) is 5.92 Å². The zero-order valence-corrected chi connectivity index (χ0v) is 13.5. The summed E-state index contributed by atoms with van der Waals surface area (Å²) >= 11 is 0. The molecule has 1 unspecified atom stereocenters. The maximum atomic E-state index is 9.32. The van der Waals surface area contributed by atoms with E-state index in [1.165, 1.54) is 5.56 Å². The van der Waals surface area contributed by atoms with Crippen molar-refractivity contribution in [3.63, 3.8) is 0 Å². The average Bonchev–Trinajstić information content (AvgIpc) is 3.09. The first-order valence-electron chi connectivity index (χ1n) is 8.48. The third-order valence-electron chi connectivity index (χ3n) is 4.46. The van der Waals surface area contributed by atoms with Gasteiger partial charge in [-0.05, 0) is 37.0 Å². The Morgan fingerprint density at radius 2 is 1.83 bits per heavy atom. The minimum atomic E-state index is 0.274. The van der Waals surface area contributed by atoms with Gasteiger partial charge in [-0.2, -0.15) is 0 Å². The molecule has 1 aliphatic rings. The van der Waals surface area contributed by atoms with Crippen LogP contribution in [0.3, 0.4) is 0 Å². The number of ether oxygens (including phenoxy) is 1. The molecule has 1 heterocycles. The molecule has 1 aliphatic heterocycles. The minimum Gasteiger partial charge on any atom is -0.491 e. The molecule has 0 amide bonds. The zero-order chi connectivity index (χ0) is 15.9. The molecule has 3 rings (SSSR count). The van der Waals surface area contributed by atoms with E-state index in [4.69, 9.17) is 4.74 Å². The molecule has 1 atom stereocenters. The van der Waals surface area contributed by atoms with Crippen LogP contribution in [0.5, 0.6) is 5.75 Å². The molecule has 0 bridgehead atoms. The van der Waals surface area contributed by atoms with Crippen molar-refractivity contribution in [2.45, 2.75) is 19.3 Å². The summed E-state index contributed by atoms with van der Waals surface area (Å²) in [4.78, 5) is 2.33. The summed E-state index contributed by atoms with van der Waals surface area (Å²) in [7, 11) is 0. The molecule has 0 aliphatic carbocycles. The lowest BCUT2D eigenvalue weighted by Crippen LogP contribution is -2.21. The molecule has 1 saturated heterocycles. The van der Waals surface area contributed by atoms with Crippen LogP contribution in [-0.4, -0.2) is 31.4 Å². The molecule has 1 N–H and O–H groups in total. The Labute approximate surface area is 138 Å². The molecule has 0 aromatic heterocycles. The number of hydrogen-bond acceptors (Lipinski definition) is 3. The second-order valence-corrected chi connectivity index (χ2v) is 6.19. The first-order chi connectivity index (χ1) is 11.4. The smallest absolute Gasteiger partial charge is 0.142 e. The predicted molar refractivity (Wildman–Crippen MR) is 94.1 cm³/mol. The highest BCUT2D eigenvalue weighted by atomic mass is 16.5. The van der Waals surface area contributed by atoms with E-state index in [-0.39, 0.29) is 6.61 Å². The molecular formula is C20H25NO2. The van der Waals surface area contributed by atoms with Crippen LogP contribution in [0.2, 0.25) is 0 Å². The van der Waals surface area contributed by atoms with Crippen LogP contribution in [-0.2, 0) is 6.42 Å². The lowest BCUT2D eigenvalue weighted by molar-refractivity contribution is 0.238. The van der Waals surface area contributed by atoms with Gasteiger partial charge in [0.25, 0.3) is 0 Å². The fraction of sp³-hybridized carbons (Fsp3) is 0.400. The van der Waals surface area contributed by atoms with E-state index in [9.17, 15) is 5.11 Å². The second-order valence-electron chi connectivity index (χ2n) is 6.19. The molecule has 122 valence electrons. The van der Waals surface area contributed by atoms with Gasteiger partial charge in [-0.1, -0.05) is 42.5 Å². The van der Waals surface area contributed by atoms with E-state index < -0.39 is 0 Å². The normalized spacial score (nSPS) is 17.4. The van der Waals surface area contributed by atoms with Crippen LogP contribution >= 0.6 is 0 Å².